The lowest BCUT2D eigenvalue weighted by molar-refractivity contribution is 0.114. The van der Waals surface area contributed by atoms with Gasteiger partial charge in [-0.25, -0.2) is 4.98 Å². The predicted molar refractivity (Wildman–Crippen MR) is 69.0 cm³/mol. The quantitative estimate of drug-likeness (QED) is 0.811. The standard InChI is InChI=1S/C12H20N4O2/c1-8-5-11(18-4)14-12(13-8)16-6-9(15(2)3)10(17)7-16/h5,9-10,17H,6-7H2,1-4H3/t9-,10-/m0/s1. The molecule has 1 aliphatic rings. The first-order chi connectivity index (χ1) is 8.51. The Kier molecular flexibility index (Phi) is 3.68. The van der Waals surface area contributed by atoms with Crippen molar-refractivity contribution in [1.82, 2.24) is 14.9 Å². The molecule has 0 amide bonds. The van der Waals surface area contributed by atoms with Gasteiger partial charge >= 0.3 is 0 Å². The van der Waals surface area contributed by atoms with E-state index < -0.39 is 0 Å². The van der Waals surface area contributed by atoms with Crippen molar-refractivity contribution in [3.05, 3.63) is 11.8 Å². The summed E-state index contributed by atoms with van der Waals surface area (Å²) in [6, 6.07) is 1.90. The van der Waals surface area contributed by atoms with Crippen molar-refractivity contribution >= 4 is 5.95 Å². The largest absolute Gasteiger partial charge is 0.481 e. The average molecular weight is 252 g/mol. The molecule has 1 saturated heterocycles. The van der Waals surface area contributed by atoms with E-state index in [1.165, 1.54) is 0 Å². The molecule has 0 saturated carbocycles. The normalized spacial score (nSPS) is 23.8. The van der Waals surface area contributed by atoms with Crippen molar-refractivity contribution in [2.45, 2.75) is 19.1 Å². The van der Waals surface area contributed by atoms with Crippen molar-refractivity contribution in [3.8, 4) is 5.88 Å². The topological polar surface area (TPSA) is 61.7 Å². The van der Waals surface area contributed by atoms with Crippen LogP contribution >= 0.6 is 0 Å². The molecule has 6 heteroatoms. The molecule has 1 aromatic rings. The molecule has 1 aromatic heterocycles. The van der Waals surface area contributed by atoms with Crippen LogP contribution in [0.1, 0.15) is 5.69 Å². The lowest BCUT2D eigenvalue weighted by atomic mass is 10.2. The van der Waals surface area contributed by atoms with Crippen molar-refractivity contribution < 1.29 is 9.84 Å². The molecule has 1 N–H and O–H groups in total. The van der Waals surface area contributed by atoms with Crippen LogP contribution in [0.15, 0.2) is 6.07 Å². The number of hydrogen-bond acceptors (Lipinski definition) is 6. The van der Waals surface area contributed by atoms with E-state index in [2.05, 4.69) is 9.97 Å². The second-order valence-corrected chi connectivity index (χ2v) is 4.85. The maximum absolute atomic E-state index is 10.0. The van der Waals surface area contributed by atoms with E-state index in [1.54, 1.807) is 13.2 Å². The number of aliphatic hydroxyl groups excluding tert-OH is 1. The molecule has 0 radical (unpaired) electrons. The summed E-state index contributed by atoms with van der Waals surface area (Å²) in [5.74, 6) is 1.18. The first kappa shape index (κ1) is 13.0. The maximum Gasteiger partial charge on any atom is 0.229 e. The fourth-order valence-electron chi connectivity index (χ4n) is 2.21. The van der Waals surface area contributed by atoms with Gasteiger partial charge in [0.05, 0.1) is 19.3 Å². The molecule has 1 aliphatic heterocycles. The van der Waals surface area contributed by atoms with Gasteiger partial charge in [-0.2, -0.15) is 4.98 Å². The number of β-amino-alcohol motifs (C(OH)–C–C–N with tert-alkyl or cyclic N) is 1. The number of aromatic nitrogens is 2. The fraction of sp³-hybridized carbons (Fsp3) is 0.667. The Bertz CT molecular complexity index is 425. The Balaban J connectivity index is 2.20. The Morgan fingerprint density at radius 1 is 1.39 bits per heavy atom. The molecule has 0 aliphatic carbocycles. The summed E-state index contributed by atoms with van der Waals surface area (Å²) in [5, 5.41) is 10.0. The smallest absolute Gasteiger partial charge is 0.229 e. The molecule has 6 nitrogen and oxygen atoms in total. The highest BCUT2D eigenvalue weighted by molar-refractivity contribution is 5.37. The predicted octanol–water partition coefficient (Wildman–Crippen LogP) is -0.0953. The minimum atomic E-state index is -0.380. The number of hydrogen-bond donors (Lipinski definition) is 1. The number of anilines is 1. The van der Waals surface area contributed by atoms with Crippen molar-refractivity contribution in [2.75, 3.05) is 39.2 Å². The molecule has 100 valence electrons. The molecular formula is C12H20N4O2. The molecule has 0 aromatic carbocycles. The number of nitrogens with zero attached hydrogens (tertiary/aromatic N) is 4. The minimum Gasteiger partial charge on any atom is -0.481 e. The Morgan fingerprint density at radius 2 is 2.11 bits per heavy atom. The van der Waals surface area contributed by atoms with Gasteiger partial charge in [-0.05, 0) is 21.0 Å². The number of aliphatic hydroxyl groups is 1. The fourth-order valence-corrected chi connectivity index (χ4v) is 2.21. The lowest BCUT2D eigenvalue weighted by Gasteiger charge is -2.21. The van der Waals surface area contributed by atoms with Gasteiger partial charge in [-0.1, -0.05) is 0 Å². The summed E-state index contributed by atoms with van der Waals surface area (Å²) in [5.41, 5.74) is 0.861. The highest BCUT2D eigenvalue weighted by atomic mass is 16.5. The van der Waals surface area contributed by atoms with Gasteiger partial charge in [0.25, 0.3) is 0 Å². The van der Waals surface area contributed by atoms with Crippen LogP contribution in [-0.4, -0.2) is 66.4 Å². The number of ether oxygens (including phenoxy) is 1. The SMILES string of the molecule is COc1cc(C)nc(N2C[C@H](O)[C@@H](N(C)C)C2)n1. The highest BCUT2D eigenvalue weighted by Gasteiger charge is 2.34. The summed E-state index contributed by atoms with van der Waals surface area (Å²) in [4.78, 5) is 12.7. The summed E-state index contributed by atoms with van der Waals surface area (Å²) in [7, 11) is 5.52. The Labute approximate surface area is 107 Å². The van der Waals surface area contributed by atoms with Crippen molar-refractivity contribution in [1.29, 1.82) is 0 Å². The van der Waals surface area contributed by atoms with Gasteiger partial charge in [-0.15, -0.1) is 0 Å². The molecule has 1 fully saturated rings. The molecule has 2 atom stereocenters. The monoisotopic (exact) mass is 252 g/mol. The first-order valence-electron chi connectivity index (χ1n) is 6.00. The zero-order chi connectivity index (χ0) is 13.3. The molecule has 0 bridgehead atoms. The zero-order valence-electron chi connectivity index (χ0n) is 11.3. The van der Waals surface area contributed by atoms with E-state index >= 15 is 0 Å². The van der Waals surface area contributed by atoms with Crippen LogP contribution in [0, 0.1) is 6.92 Å². The average Bonchev–Trinajstić information content (AvgIpc) is 2.70. The Hall–Kier alpha value is -1.40. The van der Waals surface area contributed by atoms with Gasteiger partial charge in [-0.3, -0.25) is 0 Å². The van der Waals surface area contributed by atoms with Gasteiger partial charge in [0.2, 0.25) is 11.8 Å². The van der Waals surface area contributed by atoms with Crippen LogP contribution in [0.25, 0.3) is 0 Å². The second kappa shape index (κ2) is 5.07. The Morgan fingerprint density at radius 3 is 2.67 bits per heavy atom. The van der Waals surface area contributed by atoms with Crippen LogP contribution < -0.4 is 9.64 Å². The van der Waals surface area contributed by atoms with Crippen molar-refractivity contribution in [3.63, 3.8) is 0 Å². The third-order valence-electron chi connectivity index (χ3n) is 3.23. The molecule has 2 rings (SSSR count). The molecule has 2 heterocycles. The summed E-state index contributed by atoms with van der Waals surface area (Å²) < 4.78 is 5.15. The molecule has 0 unspecified atom stereocenters. The van der Waals surface area contributed by atoms with E-state index in [0.29, 0.717) is 18.4 Å². The summed E-state index contributed by atoms with van der Waals surface area (Å²) >= 11 is 0. The van der Waals surface area contributed by atoms with Gasteiger partial charge in [0, 0.05) is 24.8 Å². The van der Waals surface area contributed by atoms with Crippen molar-refractivity contribution in [2.24, 2.45) is 0 Å². The second-order valence-electron chi connectivity index (χ2n) is 4.85. The van der Waals surface area contributed by atoms with Crippen LogP contribution in [0.5, 0.6) is 5.88 Å². The van der Waals surface area contributed by atoms with Crippen LogP contribution in [0.4, 0.5) is 5.95 Å². The van der Waals surface area contributed by atoms with Crippen LogP contribution in [0.2, 0.25) is 0 Å². The lowest BCUT2D eigenvalue weighted by Crippen LogP contribution is -2.38. The van der Waals surface area contributed by atoms with E-state index in [4.69, 9.17) is 4.74 Å². The van der Waals surface area contributed by atoms with E-state index in [-0.39, 0.29) is 12.1 Å². The number of methoxy groups -OCH3 is 1. The third kappa shape index (κ3) is 2.54. The maximum atomic E-state index is 10.0. The third-order valence-corrected chi connectivity index (χ3v) is 3.23. The van der Waals surface area contributed by atoms with E-state index in [0.717, 1.165) is 12.2 Å². The number of aryl methyl sites for hydroxylation is 1. The van der Waals surface area contributed by atoms with Gasteiger partial charge < -0.3 is 19.6 Å². The number of rotatable bonds is 3. The zero-order valence-corrected chi connectivity index (χ0v) is 11.3. The van der Waals surface area contributed by atoms with Gasteiger partial charge in [0.1, 0.15) is 0 Å². The highest BCUT2D eigenvalue weighted by Crippen LogP contribution is 2.21. The van der Waals surface area contributed by atoms with Crippen LogP contribution in [0.3, 0.4) is 0 Å². The minimum absolute atomic E-state index is 0.111. The molecule has 0 spiro atoms. The van der Waals surface area contributed by atoms with E-state index in [1.807, 2.05) is 30.8 Å². The summed E-state index contributed by atoms with van der Waals surface area (Å²) in [6.45, 7) is 3.18. The van der Waals surface area contributed by atoms with Gasteiger partial charge in [0.15, 0.2) is 0 Å². The number of likely N-dealkylation sites (N-methyl/N-ethyl adjacent to an activating group) is 1. The summed E-state index contributed by atoms with van der Waals surface area (Å²) in [6.07, 6.45) is -0.380. The molecular weight excluding hydrogens is 232 g/mol. The van der Waals surface area contributed by atoms with Crippen LogP contribution in [-0.2, 0) is 0 Å². The van der Waals surface area contributed by atoms with E-state index in [9.17, 15) is 5.11 Å². The first-order valence-corrected chi connectivity index (χ1v) is 6.00. The molecule has 18 heavy (non-hydrogen) atoms.